The fourth-order valence-corrected chi connectivity index (χ4v) is 4.80. The maximum atomic E-state index is 12.5. The Morgan fingerprint density at radius 3 is 2.52 bits per heavy atom. The normalized spacial score (nSPS) is 29.0. The summed E-state index contributed by atoms with van der Waals surface area (Å²) in [6.45, 7) is 5.30. The number of nitrogens with one attached hydrogen (secondary N) is 2. The van der Waals surface area contributed by atoms with Gasteiger partial charge in [-0.05, 0) is 51.1 Å². The predicted octanol–water partition coefficient (Wildman–Crippen LogP) is 0.710. The Balaban J connectivity index is 1.83. The highest BCUT2D eigenvalue weighted by molar-refractivity contribution is 7.87. The van der Waals surface area contributed by atoms with E-state index in [9.17, 15) is 8.42 Å². The van der Waals surface area contributed by atoms with Gasteiger partial charge in [-0.3, -0.25) is 0 Å². The van der Waals surface area contributed by atoms with Gasteiger partial charge in [-0.25, -0.2) is 0 Å². The van der Waals surface area contributed by atoms with E-state index in [0.717, 1.165) is 45.2 Å². The van der Waals surface area contributed by atoms with E-state index < -0.39 is 10.2 Å². The maximum absolute atomic E-state index is 12.5. The van der Waals surface area contributed by atoms with Crippen LogP contribution in [0.1, 0.15) is 39.0 Å². The van der Waals surface area contributed by atoms with Gasteiger partial charge in [0.15, 0.2) is 0 Å². The van der Waals surface area contributed by atoms with Crippen molar-refractivity contribution in [3.63, 3.8) is 0 Å². The molecule has 0 aromatic carbocycles. The number of piperidine rings is 1. The Morgan fingerprint density at radius 1 is 1.19 bits per heavy atom. The third-order valence-corrected chi connectivity index (χ3v) is 6.30. The minimum Gasteiger partial charge on any atom is -0.380 e. The SMILES string of the molecule is CCNCC1CCN(S(=O)(=O)NC2CCCC2OC)CC1. The molecule has 7 heteroatoms. The summed E-state index contributed by atoms with van der Waals surface area (Å²) in [5.74, 6) is 0.592. The molecule has 2 aliphatic rings. The standard InChI is InChI=1S/C14H29N3O3S/c1-3-15-11-12-7-9-17(10-8-12)21(18,19)16-13-5-4-6-14(13)20-2/h12-16H,3-11H2,1-2H3. The zero-order valence-electron chi connectivity index (χ0n) is 13.2. The molecule has 6 nitrogen and oxygen atoms in total. The molecule has 0 radical (unpaired) electrons. The zero-order chi connectivity index (χ0) is 15.3. The molecular formula is C14H29N3O3S. The summed E-state index contributed by atoms with van der Waals surface area (Å²) in [6.07, 6.45) is 4.73. The molecule has 0 amide bonds. The largest absolute Gasteiger partial charge is 0.380 e. The third kappa shape index (κ3) is 4.63. The number of ether oxygens (including phenoxy) is 1. The summed E-state index contributed by atoms with van der Waals surface area (Å²) in [5, 5.41) is 3.34. The van der Waals surface area contributed by atoms with Crippen LogP contribution in [0.5, 0.6) is 0 Å². The fourth-order valence-electron chi connectivity index (χ4n) is 3.31. The molecule has 1 aliphatic heterocycles. The predicted molar refractivity (Wildman–Crippen MR) is 83.3 cm³/mol. The molecular weight excluding hydrogens is 290 g/mol. The lowest BCUT2D eigenvalue weighted by Crippen LogP contribution is -2.50. The Morgan fingerprint density at radius 2 is 1.90 bits per heavy atom. The molecule has 0 aromatic rings. The van der Waals surface area contributed by atoms with Gasteiger partial charge >= 0.3 is 0 Å². The highest BCUT2D eigenvalue weighted by Crippen LogP contribution is 2.24. The first kappa shape index (κ1) is 17.1. The van der Waals surface area contributed by atoms with Crippen molar-refractivity contribution in [1.29, 1.82) is 0 Å². The van der Waals surface area contributed by atoms with Crippen molar-refractivity contribution in [1.82, 2.24) is 14.3 Å². The zero-order valence-corrected chi connectivity index (χ0v) is 14.0. The molecule has 2 rings (SSSR count). The molecule has 2 N–H and O–H groups in total. The van der Waals surface area contributed by atoms with E-state index >= 15 is 0 Å². The van der Waals surface area contributed by atoms with Crippen molar-refractivity contribution in [2.45, 2.75) is 51.2 Å². The van der Waals surface area contributed by atoms with Crippen molar-refractivity contribution < 1.29 is 13.2 Å². The molecule has 2 unspecified atom stereocenters. The molecule has 1 saturated carbocycles. The van der Waals surface area contributed by atoms with Crippen LogP contribution in [0.25, 0.3) is 0 Å². The van der Waals surface area contributed by atoms with Crippen LogP contribution in [0, 0.1) is 5.92 Å². The van der Waals surface area contributed by atoms with Crippen molar-refractivity contribution in [3.8, 4) is 0 Å². The minimum absolute atomic E-state index is 0.0195. The lowest BCUT2D eigenvalue weighted by molar-refractivity contribution is 0.0908. The topological polar surface area (TPSA) is 70.7 Å². The van der Waals surface area contributed by atoms with Gasteiger partial charge in [0.05, 0.1) is 6.10 Å². The quantitative estimate of drug-likeness (QED) is 0.725. The van der Waals surface area contributed by atoms with E-state index in [4.69, 9.17) is 4.74 Å². The number of nitrogens with zero attached hydrogens (tertiary/aromatic N) is 1. The summed E-state index contributed by atoms with van der Waals surface area (Å²) in [5.41, 5.74) is 0. The van der Waals surface area contributed by atoms with Crippen molar-refractivity contribution in [2.75, 3.05) is 33.3 Å². The first-order valence-electron chi connectivity index (χ1n) is 8.07. The van der Waals surface area contributed by atoms with Crippen molar-refractivity contribution >= 4 is 10.2 Å². The van der Waals surface area contributed by atoms with Crippen LogP contribution in [0.2, 0.25) is 0 Å². The second-order valence-corrected chi connectivity index (χ2v) is 7.79. The first-order chi connectivity index (χ1) is 10.1. The summed E-state index contributed by atoms with van der Waals surface area (Å²) < 4.78 is 34.7. The van der Waals surface area contributed by atoms with Crippen molar-refractivity contribution in [3.05, 3.63) is 0 Å². The summed E-state index contributed by atoms with van der Waals surface area (Å²) in [6, 6.07) is -0.0699. The van der Waals surface area contributed by atoms with Gasteiger partial charge in [0.2, 0.25) is 0 Å². The molecule has 0 spiro atoms. The monoisotopic (exact) mass is 319 g/mol. The van der Waals surface area contributed by atoms with Gasteiger partial charge in [-0.1, -0.05) is 6.92 Å². The Hall–Kier alpha value is -0.210. The minimum atomic E-state index is -3.37. The Kier molecular flexibility index (Phi) is 6.43. The highest BCUT2D eigenvalue weighted by Gasteiger charge is 2.34. The molecule has 1 heterocycles. The number of rotatable bonds is 7. The lowest BCUT2D eigenvalue weighted by Gasteiger charge is -2.32. The van der Waals surface area contributed by atoms with E-state index in [0.29, 0.717) is 19.0 Å². The van der Waals surface area contributed by atoms with E-state index in [2.05, 4.69) is 17.0 Å². The van der Waals surface area contributed by atoms with Crippen LogP contribution >= 0.6 is 0 Å². The number of hydrogen-bond acceptors (Lipinski definition) is 4. The molecule has 124 valence electrons. The molecule has 2 fully saturated rings. The van der Waals surface area contributed by atoms with Crippen LogP contribution in [-0.2, 0) is 14.9 Å². The average Bonchev–Trinajstić information content (AvgIpc) is 2.92. The summed E-state index contributed by atoms with van der Waals surface area (Å²) >= 11 is 0. The third-order valence-electron chi connectivity index (χ3n) is 4.65. The lowest BCUT2D eigenvalue weighted by atomic mass is 9.98. The van der Waals surface area contributed by atoms with E-state index in [1.807, 2.05) is 0 Å². The molecule has 21 heavy (non-hydrogen) atoms. The van der Waals surface area contributed by atoms with E-state index in [1.165, 1.54) is 0 Å². The first-order valence-corrected chi connectivity index (χ1v) is 9.51. The average molecular weight is 319 g/mol. The van der Waals surface area contributed by atoms with Gasteiger partial charge in [0.1, 0.15) is 0 Å². The molecule has 1 aliphatic carbocycles. The van der Waals surface area contributed by atoms with E-state index in [-0.39, 0.29) is 12.1 Å². The molecule has 1 saturated heterocycles. The smallest absolute Gasteiger partial charge is 0.279 e. The van der Waals surface area contributed by atoms with E-state index in [1.54, 1.807) is 11.4 Å². The van der Waals surface area contributed by atoms with Crippen LogP contribution in [0.4, 0.5) is 0 Å². The van der Waals surface area contributed by atoms with Gasteiger partial charge in [0, 0.05) is 26.2 Å². The van der Waals surface area contributed by atoms with Crippen LogP contribution in [0.3, 0.4) is 0 Å². The van der Waals surface area contributed by atoms with Crippen LogP contribution in [0.15, 0.2) is 0 Å². The number of hydrogen-bond donors (Lipinski definition) is 2. The van der Waals surface area contributed by atoms with Crippen LogP contribution in [-0.4, -0.2) is 58.2 Å². The van der Waals surface area contributed by atoms with Gasteiger partial charge in [-0.2, -0.15) is 17.4 Å². The van der Waals surface area contributed by atoms with Crippen molar-refractivity contribution in [2.24, 2.45) is 5.92 Å². The molecule has 0 aromatic heterocycles. The van der Waals surface area contributed by atoms with Gasteiger partial charge in [-0.15, -0.1) is 0 Å². The number of methoxy groups -OCH3 is 1. The summed E-state index contributed by atoms with van der Waals surface area (Å²) in [7, 11) is -1.71. The second kappa shape index (κ2) is 7.87. The Labute approximate surface area is 128 Å². The fraction of sp³-hybridized carbons (Fsp3) is 1.00. The highest BCUT2D eigenvalue weighted by atomic mass is 32.2. The molecule has 2 atom stereocenters. The maximum Gasteiger partial charge on any atom is 0.279 e. The van der Waals surface area contributed by atoms with Gasteiger partial charge < -0.3 is 10.1 Å². The van der Waals surface area contributed by atoms with Crippen LogP contribution < -0.4 is 10.0 Å². The molecule has 0 bridgehead atoms. The second-order valence-electron chi connectivity index (χ2n) is 6.08. The summed E-state index contributed by atoms with van der Waals surface area (Å²) in [4.78, 5) is 0. The van der Waals surface area contributed by atoms with Gasteiger partial charge in [0.25, 0.3) is 10.2 Å². The Bertz CT molecular complexity index is 408.